The van der Waals surface area contributed by atoms with E-state index in [1.165, 1.54) is 4.90 Å². The molecule has 6 nitrogen and oxygen atoms in total. The third-order valence-electron chi connectivity index (χ3n) is 4.03. The topological polar surface area (TPSA) is 87.5 Å². The number of benzene rings is 1. The molecule has 0 aliphatic carbocycles. The second kappa shape index (κ2) is 7.15. The molecule has 142 valence electrons. The van der Waals surface area contributed by atoms with Gasteiger partial charge in [0.05, 0.1) is 22.4 Å². The molecular formula is C16H17F3N2O4S. The number of rotatable bonds is 4. The maximum Gasteiger partial charge on any atom is 0.425 e. The summed E-state index contributed by atoms with van der Waals surface area (Å²) in [4.78, 5) is 13.8. The lowest BCUT2D eigenvalue weighted by atomic mass is 10.1. The van der Waals surface area contributed by atoms with E-state index in [1.54, 1.807) is 0 Å². The van der Waals surface area contributed by atoms with E-state index < -0.39 is 28.0 Å². The fourth-order valence-electron chi connectivity index (χ4n) is 2.49. The van der Waals surface area contributed by atoms with Crippen molar-refractivity contribution in [3.8, 4) is 11.8 Å². The maximum absolute atomic E-state index is 12.8. The van der Waals surface area contributed by atoms with Gasteiger partial charge in [-0.05, 0) is 31.5 Å². The van der Waals surface area contributed by atoms with E-state index >= 15 is 0 Å². The van der Waals surface area contributed by atoms with Crippen LogP contribution in [0.5, 0.6) is 5.75 Å². The first-order valence-corrected chi connectivity index (χ1v) is 9.59. The smallest absolute Gasteiger partial charge is 0.425 e. The van der Waals surface area contributed by atoms with E-state index in [0.717, 1.165) is 31.4 Å². The van der Waals surface area contributed by atoms with Crippen LogP contribution in [0, 0.1) is 17.2 Å². The van der Waals surface area contributed by atoms with Crippen molar-refractivity contribution < 1.29 is 31.1 Å². The third-order valence-corrected chi connectivity index (χ3v) is 5.14. The summed E-state index contributed by atoms with van der Waals surface area (Å²) in [5.74, 6) is -1.39. The number of carbonyl (C=O) groups is 1. The fraction of sp³-hybridized carbons (Fsp3) is 0.500. The average molecular weight is 390 g/mol. The van der Waals surface area contributed by atoms with E-state index in [0.29, 0.717) is 6.42 Å². The van der Waals surface area contributed by atoms with Crippen LogP contribution in [0.4, 0.5) is 13.2 Å². The lowest BCUT2D eigenvalue weighted by Crippen LogP contribution is -2.33. The molecule has 2 atom stereocenters. The van der Waals surface area contributed by atoms with Gasteiger partial charge in [0.1, 0.15) is 5.75 Å². The minimum absolute atomic E-state index is 0.132. The molecule has 1 unspecified atom stereocenters. The van der Waals surface area contributed by atoms with Gasteiger partial charge in [-0.15, -0.1) is 0 Å². The van der Waals surface area contributed by atoms with Crippen LogP contribution in [-0.4, -0.2) is 50.9 Å². The number of nitrogens with zero attached hydrogens (tertiary/aromatic N) is 2. The molecule has 1 aromatic carbocycles. The number of halogens is 3. The third kappa shape index (κ3) is 4.46. The van der Waals surface area contributed by atoms with E-state index in [2.05, 4.69) is 0 Å². The Hall–Kier alpha value is -2.28. The lowest BCUT2D eigenvalue weighted by Gasteiger charge is -2.22. The highest BCUT2D eigenvalue weighted by atomic mass is 32.2. The van der Waals surface area contributed by atoms with E-state index in [-0.39, 0.29) is 35.2 Å². The van der Waals surface area contributed by atoms with Crippen LogP contribution in [0.15, 0.2) is 23.1 Å². The molecule has 1 aliphatic rings. The standard InChI is InChI=1S/C16H17F3N2O4S/c1-10(16(17,18)19)25-14-4-3-12(26(2,23)24)7-13(14)15(22)21-6-5-11(8-20)9-21/h3-4,7,10-11H,5-6,9H2,1-2H3/t10-,11?/m1/s1. The molecule has 1 saturated heterocycles. The first-order valence-electron chi connectivity index (χ1n) is 7.70. The number of amides is 1. The summed E-state index contributed by atoms with van der Waals surface area (Å²) in [7, 11) is -3.67. The summed E-state index contributed by atoms with van der Waals surface area (Å²) in [6, 6.07) is 5.18. The molecule has 1 heterocycles. The Kier molecular flexibility index (Phi) is 5.51. The molecule has 1 fully saturated rings. The number of likely N-dealkylation sites (tertiary alicyclic amines) is 1. The summed E-state index contributed by atoms with van der Waals surface area (Å²) >= 11 is 0. The number of hydrogen-bond donors (Lipinski definition) is 0. The van der Waals surface area contributed by atoms with Crippen molar-refractivity contribution in [1.82, 2.24) is 4.90 Å². The highest BCUT2D eigenvalue weighted by Crippen LogP contribution is 2.30. The van der Waals surface area contributed by atoms with Gasteiger partial charge in [0.25, 0.3) is 5.91 Å². The minimum atomic E-state index is -4.64. The first-order chi connectivity index (χ1) is 11.9. The number of alkyl halides is 3. The first kappa shape index (κ1) is 20.0. The highest BCUT2D eigenvalue weighted by Gasteiger charge is 2.39. The normalized spacial score (nSPS) is 19.1. The predicted molar refractivity (Wildman–Crippen MR) is 85.3 cm³/mol. The zero-order valence-electron chi connectivity index (χ0n) is 14.1. The molecule has 1 aliphatic heterocycles. The molecule has 0 N–H and O–H groups in total. The number of nitriles is 1. The summed E-state index contributed by atoms with van der Waals surface area (Å²) in [6.07, 6.45) is -5.45. The summed E-state index contributed by atoms with van der Waals surface area (Å²) in [5.41, 5.74) is -0.275. The molecular weight excluding hydrogens is 373 g/mol. The Bertz CT molecular complexity index is 846. The van der Waals surface area contributed by atoms with Crippen LogP contribution in [0.1, 0.15) is 23.7 Å². The second-order valence-corrected chi connectivity index (χ2v) is 8.11. The van der Waals surface area contributed by atoms with E-state index in [4.69, 9.17) is 10.00 Å². The Morgan fingerprint density at radius 3 is 2.58 bits per heavy atom. The van der Waals surface area contributed by atoms with Crippen LogP contribution in [0.3, 0.4) is 0 Å². The summed E-state index contributed by atoms with van der Waals surface area (Å²) in [6.45, 7) is 1.18. The summed E-state index contributed by atoms with van der Waals surface area (Å²) in [5, 5.41) is 8.93. The molecule has 0 aromatic heterocycles. The van der Waals surface area contributed by atoms with E-state index in [9.17, 15) is 26.4 Å². The fourth-order valence-corrected chi connectivity index (χ4v) is 3.13. The molecule has 0 saturated carbocycles. The van der Waals surface area contributed by atoms with Gasteiger partial charge in [-0.25, -0.2) is 8.42 Å². The van der Waals surface area contributed by atoms with Crippen molar-refractivity contribution in [1.29, 1.82) is 5.26 Å². The van der Waals surface area contributed by atoms with Gasteiger partial charge in [-0.3, -0.25) is 4.79 Å². The Morgan fingerprint density at radius 2 is 2.08 bits per heavy atom. The van der Waals surface area contributed by atoms with Crippen molar-refractivity contribution >= 4 is 15.7 Å². The number of carbonyl (C=O) groups excluding carboxylic acids is 1. The average Bonchev–Trinajstić information content (AvgIpc) is 3.01. The van der Waals surface area contributed by atoms with Crippen molar-refractivity contribution in [3.63, 3.8) is 0 Å². The lowest BCUT2D eigenvalue weighted by molar-refractivity contribution is -0.189. The van der Waals surface area contributed by atoms with Crippen molar-refractivity contribution in [3.05, 3.63) is 23.8 Å². The SMILES string of the molecule is C[C@@H](Oc1ccc(S(C)(=O)=O)cc1C(=O)N1CCC(C#N)C1)C(F)(F)F. The van der Waals surface area contributed by atoms with Crippen LogP contribution in [-0.2, 0) is 9.84 Å². The predicted octanol–water partition coefficient (Wildman–Crippen LogP) is 2.41. The molecule has 1 aromatic rings. The van der Waals surface area contributed by atoms with Crippen molar-refractivity contribution in [2.45, 2.75) is 30.5 Å². The molecule has 0 bridgehead atoms. The van der Waals surface area contributed by atoms with Gasteiger partial charge in [0.15, 0.2) is 15.9 Å². The van der Waals surface area contributed by atoms with Crippen LogP contribution < -0.4 is 4.74 Å². The zero-order valence-corrected chi connectivity index (χ0v) is 14.9. The molecule has 1 amide bonds. The second-order valence-electron chi connectivity index (χ2n) is 6.10. The molecule has 0 spiro atoms. The number of sulfone groups is 1. The van der Waals surface area contributed by atoms with Gasteiger partial charge in [-0.1, -0.05) is 0 Å². The monoisotopic (exact) mass is 390 g/mol. The Balaban J connectivity index is 2.42. The van der Waals surface area contributed by atoms with Crippen LogP contribution in [0.2, 0.25) is 0 Å². The minimum Gasteiger partial charge on any atom is -0.480 e. The highest BCUT2D eigenvalue weighted by molar-refractivity contribution is 7.90. The van der Waals surface area contributed by atoms with Crippen molar-refractivity contribution in [2.75, 3.05) is 19.3 Å². The van der Waals surface area contributed by atoms with Crippen LogP contribution >= 0.6 is 0 Å². The van der Waals surface area contributed by atoms with Gasteiger partial charge in [-0.2, -0.15) is 18.4 Å². The van der Waals surface area contributed by atoms with Gasteiger partial charge < -0.3 is 9.64 Å². The molecule has 2 rings (SSSR count). The van der Waals surface area contributed by atoms with Crippen molar-refractivity contribution in [2.24, 2.45) is 5.92 Å². The molecule has 26 heavy (non-hydrogen) atoms. The van der Waals surface area contributed by atoms with Crippen LogP contribution in [0.25, 0.3) is 0 Å². The molecule has 10 heteroatoms. The quantitative estimate of drug-likeness (QED) is 0.788. The maximum atomic E-state index is 12.8. The van der Waals surface area contributed by atoms with E-state index in [1.807, 2.05) is 6.07 Å². The summed E-state index contributed by atoms with van der Waals surface area (Å²) < 4.78 is 66.7. The largest absolute Gasteiger partial charge is 0.480 e. The number of ether oxygens (including phenoxy) is 1. The Labute approximate surface area is 149 Å². The van der Waals surface area contributed by atoms with Gasteiger partial charge in [0, 0.05) is 19.3 Å². The van der Waals surface area contributed by atoms with Gasteiger partial charge >= 0.3 is 6.18 Å². The Morgan fingerprint density at radius 1 is 1.42 bits per heavy atom. The van der Waals surface area contributed by atoms with Gasteiger partial charge in [0.2, 0.25) is 0 Å². The molecule has 0 radical (unpaired) electrons. The number of hydrogen-bond acceptors (Lipinski definition) is 5. The zero-order chi connectivity index (χ0) is 19.7.